The first-order chi connectivity index (χ1) is 8.54. The van der Waals surface area contributed by atoms with Crippen molar-refractivity contribution in [2.45, 2.75) is 19.8 Å². The average Bonchev–Trinajstić information content (AvgIpc) is 2.58. The summed E-state index contributed by atoms with van der Waals surface area (Å²) in [6.45, 7) is 2.11. The summed E-state index contributed by atoms with van der Waals surface area (Å²) in [4.78, 5) is 4.57. The predicted molar refractivity (Wildman–Crippen MR) is 77.1 cm³/mol. The molecule has 5 heteroatoms. The molecule has 0 spiro atoms. The lowest BCUT2D eigenvalue weighted by atomic mass is 10.1. The summed E-state index contributed by atoms with van der Waals surface area (Å²) in [5.74, 6) is 1.60. The first kappa shape index (κ1) is 13.2. The molecule has 0 amide bonds. The van der Waals surface area contributed by atoms with E-state index in [1.54, 1.807) is 12.1 Å². The van der Waals surface area contributed by atoms with Crippen LogP contribution in [0.15, 0.2) is 18.2 Å². The van der Waals surface area contributed by atoms with Crippen LogP contribution in [0.3, 0.4) is 0 Å². The number of nitrogens with two attached hydrogens (primary N) is 1. The van der Waals surface area contributed by atoms with Crippen LogP contribution in [0.1, 0.15) is 19.2 Å². The van der Waals surface area contributed by atoms with Gasteiger partial charge >= 0.3 is 0 Å². The van der Waals surface area contributed by atoms with Gasteiger partial charge in [0, 0.05) is 24.1 Å². The molecule has 0 bridgehead atoms. The van der Waals surface area contributed by atoms with Crippen LogP contribution in [-0.2, 0) is 13.5 Å². The maximum atomic E-state index is 6.19. The summed E-state index contributed by atoms with van der Waals surface area (Å²) in [5, 5.41) is 1.17. The van der Waals surface area contributed by atoms with Crippen molar-refractivity contribution in [3.05, 3.63) is 34.1 Å². The lowest BCUT2D eigenvalue weighted by Crippen LogP contribution is -2.01. The first-order valence-electron chi connectivity index (χ1n) is 5.81. The van der Waals surface area contributed by atoms with Gasteiger partial charge in [-0.2, -0.15) is 0 Å². The van der Waals surface area contributed by atoms with Crippen LogP contribution >= 0.6 is 23.2 Å². The molecule has 2 N–H and O–H groups in total. The van der Waals surface area contributed by atoms with E-state index < -0.39 is 0 Å². The van der Waals surface area contributed by atoms with Crippen molar-refractivity contribution >= 4 is 29.0 Å². The third kappa shape index (κ3) is 2.33. The second-order valence-corrected chi connectivity index (χ2v) is 5.04. The largest absolute Gasteiger partial charge is 0.383 e. The lowest BCUT2D eigenvalue weighted by Gasteiger charge is -2.03. The second-order valence-electron chi connectivity index (χ2n) is 4.20. The number of anilines is 1. The van der Waals surface area contributed by atoms with Gasteiger partial charge in [-0.15, -0.1) is 0 Å². The van der Waals surface area contributed by atoms with Gasteiger partial charge < -0.3 is 10.3 Å². The van der Waals surface area contributed by atoms with Crippen LogP contribution in [0.2, 0.25) is 10.0 Å². The number of nitrogens with zero attached hydrogens (tertiary/aromatic N) is 2. The summed E-state index contributed by atoms with van der Waals surface area (Å²) in [6, 6.07) is 5.33. The Morgan fingerprint density at radius 2 is 2.06 bits per heavy atom. The third-order valence-electron chi connectivity index (χ3n) is 2.89. The quantitative estimate of drug-likeness (QED) is 0.928. The molecule has 3 nitrogen and oxygen atoms in total. The minimum Gasteiger partial charge on any atom is -0.383 e. The SMILES string of the molecule is CCCc1nc(-c2ccc(Cl)cc2Cl)c(N)n1C. The molecule has 0 fully saturated rings. The third-order valence-corrected chi connectivity index (χ3v) is 3.44. The van der Waals surface area contributed by atoms with Crippen molar-refractivity contribution in [1.29, 1.82) is 0 Å². The van der Waals surface area contributed by atoms with Crippen molar-refractivity contribution in [2.75, 3.05) is 5.73 Å². The molecule has 0 saturated carbocycles. The van der Waals surface area contributed by atoms with E-state index >= 15 is 0 Å². The number of aryl methyl sites for hydroxylation is 1. The van der Waals surface area contributed by atoms with Gasteiger partial charge in [0.25, 0.3) is 0 Å². The normalized spacial score (nSPS) is 10.9. The van der Waals surface area contributed by atoms with Gasteiger partial charge in [0.05, 0.1) is 5.02 Å². The minimum absolute atomic E-state index is 0.565. The highest BCUT2D eigenvalue weighted by Gasteiger charge is 2.15. The fourth-order valence-electron chi connectivity index (χ4n) is 1.89. The van der Waals surface area contributed by atoms with E-state index in [4.69, 9.17) is 28.9 Å². The standard InChI is InChI=1S/C13H15Cl2N3/c1-3-4-11-17-12(13(16)18(11)2)9-6-5-8(14)7-10(9)15/h5-7H,3-4,16H2,1-2H3. The van der Waals surface area contributed by atoms with Gasteiger partial charge in [0.1, 0.15) is 17.3 Å². The van der Waals surface area contributed by atoms with Gasteiger partial charge in [-0.05, 0) is 24.6 Å². The Morgan fingerprint density at radius 3 is 2.67 bits per heavy atom. The topological polar surface area (TPSA) is 43.8 Å². The van der Waals surface area contributed by atoms with E-state index in [1.165, 1.54) is 0 Å². The smallest absolute Gasteiger partial charge is 0.131 e. The van der Waals surface area contributed by atoms with Crippen LogP contribution in [-0.4, -0.2) is 9.55 Å². The fraction of sp³-hybridized carbons (Fsp3) is 0.308. The zero-order chi connectivity index (χ0) is 13.3. The van der Waals surface area contributed by atoms with Crippen LogP contribution in [0.5, 0.6) is 0 Å². The van der Waals surface area contributed by atoms with E-state index in [2.05, 4.69) is 11.9 Å². The van der Waals surface area contributed by atoms with Gasteiger partial charge in [-0.1, -0.05) is 30.1 Å². The number of aromatic nitrogens is 2. The number of halogens is 2. The number of nitrogen functional groups attached to an aromatic ring is 1. The van der Waals surface area contributed by atoms with Crippen LogP contribution in [0, 0.1) is 0 Å². The molecule has 0 radical (unpaired) electrons. The Balaban J connectivity index is 2.53. The van der Waals surface area contributed by atoms with Gasteiger partial charge in [-0.3, -0.25) is 0 Å². The molecule has 18 heavy (non-hydrogen) atoms. The van der Waals surface area contributed by atoms with Gasteiger partial charge in [-0.25, -0.2) is 4.98 Å². The molecule has 0 aliphatic rings. The van der Waals surface area contributed by atoms with E-state index in [9.17, 15) is 0 Å². The Labute approximate surface area is 117 Å². The fourth-order valence-corrected chi connectivity index (χ4v) is 2.38. The van der Waals surface area contributed by atoms with Crippen molar-refractivity contribution in [3.8, 4) is 11.3 Å². The summed E-state index contributed by atoms with van der Waals surface area (Å²) >= 11 is 12.1. The molecular formula is C13H15Cl2N3. The van der Waals surface area contributed by atoms with Crippen LogP contribution in [0.4, 0.5) is 5.82 Å². The summed E-state index contributed by atoms with van der Waals surface area (Å²) < 4.78 is 1.91. The maximum Gasteiger partial charge on any atom is 0.131 e. The molecular weight excluding hydrogens is 269 g/mol. The molecule has 0 aliphatic carbocycles. The second kappa shape index (κ2) is 5.21. The average molecular weight is 284 g/mol. The molecule has 1 aromatic carbocycles. The Morgan fingerprint density at radius 1 is 1.33 bits per heavy atom. The molecule has 0 saturated heterocycles. The van der Waals surface area contributed by atoms with Crippen molar-refractivity contribution in [1.82, 2.24) is 9.55 Å². The molecule has 2 aromatic rings. The van der Waals surface area contributed by atoms with E-state index in [0.29, 0.717) is 15.9 Å². The van der Waals surface area contributed by atoms with E-state index in [0.717, 1.165) is 29.9 Å². The molecule has 1 aromatic heterocycles. The summed E-state index contributed by atoms with van der Waals surface area (Å²) in [5.41, 5.74) is 7.62. The zero-order valence-electron chi connectivity index (χ0n) is 10.4. The Bertz CT molecular complexity index is 576. The maximum absolute atomic E-state index is 6.19. The van der Waals surface area contributed by atoms with Crippen molar-refractivity contribution in [2.24, 2.45) is 7.05 Å². The highest BCUT2D eigenvalue weighted by atomic mass is 35.5. The number of benzene rings is 1. The minimum atomic E-state index is 0.565. The summed E-state index contributed by atoms with van der Waals surface area (Å²) in [6.07, 6.45) is 1.92. The van der Waals surface area contributed by atoms with E-state index in [1.807, 2.05) is 17.7 Å². The van der Waals surface area contributed by atoms with Crippen LogP contribution < -0.4 is 5.73 Å². The molecule has 0 atom stereocenters. The number of hydrogen-bond acceptors (Lipinski definition) is 2. The first-order valence-corrected chi connectivity index (χ1v) is 6.56. The van der Waals surface area contributed by atoms with Crippen molar-refractivity contribution in [3.63, 3.8) is 0 Å². The zero-order valence-corrected chi connectivity index (χ0v) is 11.9. The lowest BCUT2D eigenvalue weighted by molar-refractivity contribution is 0.764. The van der Waals surface area contributed by atoms with Crippen LogP contribution in [0.25, 0.3) is 11.3 Å². The molecule has 0 aliphatic heterocycles. The predicted octanol–water partition coefficient (Wildman–Crippen LogP) is 3.93. The molecule has 2 rings (SSSR count). The van der Waals surface area contributed by atoms with Gasteiger partial charge in [0.2, 0.25) is 0 Å². The number of imidazole rings is 1. The highest BCUT2D eigenvalue weighted by molar-refractivity contribution is 6.36. The summed E-state index contributed by atoms with van der Waals surface area (Å²) in [7, 11) is 1.92. The highest BCUT2D eigenvalue weighted by Crippen LogP contribution is 2.33. The van der Waals surface area contributed by atoms with E-state index in [-0.39, 0.29) is 0 Å². The Hall–Kier alpha value is -1.19. The number of hydrogen-bond donors (Lipinski definition) is 1. The molecule has 1 heterocycles. The number of rotatable bonds is 3. The monoisotopic (exact) mass is 283 g/mol. The van der Waals surface area contributed by atoms with Gasteiger partial charge in [0.15, 0.2) is 0 Å². The van der Waals surface area contributed by atoms with Crippen molar-refractivity contribution < 1.29 is 0 Å². The Kier molecular flexibility index (Phi) is 3.83. The molecule has 96 valence electrons. The molecule has 0 unspecified atom stereocenters.